The average Bonchev–Trinajstić information content (AvgIpc) is 3.14. The van der Waals surface area contributed by atoms with Crippen LogP contribution in [0.4, 0.5) is 0 Å². The summed E-state index contributed by atoms with van der Waals surface area (Å²) in [5, 5.41) is 17.7. The van der Waals surface area contributed by atoms with E-state index in [1.807, 2.05) is 30.5 Å². The highest BCUT2D eigenvalue weighted by Crippen LogP contribution is 2.24. The van der Waals surface area contributed by atoms with Crippen LogP contribution < -0.4 is 10.6 Å². The van der Waals surface area contributed by atoms with Crippen LogP contribution in [-0.4, -0.2) is 28.4 Å². The minimum absolute atomic E-state index is 0.295. The first kappa shape index (κ1) is 18.2. The van der Waals surface area contributed by atoms with Gasteiger partial charge < -0.3 is 15.7 Å². The number of aliphatic hydroxyl groups is 1. The van der Waals surface area contributed by atoms with Gasteiger partial charge in [-0.3, -0.25) is 4.79 Å². The SMILES string of the molecule is C=C1NC=C(C(=O)N[C@@H](C)C(C)(C)O)C1=N/C(=C\C)c1cccs1. The molecule has 0 radical (unpaired) electrons. The van der Waals surface area contributed by atoms with Gasteiger partial charge in [-0.2, -0.15) is 0 Å². The van der Waals surface area contributed by atoms with Crippen LogP contribution in [0.3, 0.4) is 0 Å². The van der Waals surface area contributed by atoms with Gasteiger partial charge in [-0.05, 0) is 39.1 Å². The van der Waals surface area contributed by atoms with Crippen molar-refractivity contribution in [1.82, 2.24) is 10.6 Å². The largest absolute Gasteiger partial charge is 0.388 e. The van der Waals surface area contributed by atoms with Crippen LogP contribution >= 0.6 is 11.3 Å². The second kappa shape index (κ2) is 7.15. The molecule has 0 aromatic carbocycles. The van der Waals surface area contributed by atoms with Gasteiger partial charge >= 0.3 is 0 Å². The van der Waals surface area contributed by atoms with E-state index in [4.69, 9.17) is 0 Å². The number of allylic oxidation sites excluding steroid dienone is 2. The molecule has 1 aliphatic heterocycles. The molecule has 2 rings (SSSR count). The van der Waals surface area contributed by atoms with Crippen molar-refractivity contribution in [2.75, 3.05) is 0 Å². The fourth-order valence-corrected chi connectivity index (χ4v) is 2.76. The lowest BCUT2D eigenvalue weighted by Gasteiger charge is -2.26. The zero-order valence-corrected chi connectivity index (χ0v) is 15.2. The summed E-state index contributed by atoms with van der Waals surface area (Å²) in [6.45, 7) is 10.9. The van der Waals surface area contributed by atoms with Gasteiger partial charge in [0.1, 0.15) is 5.71 Å². The Morgan fingerprint density at radius 1 is 1.54 bits per heavy atom. The molecule has 0 fully saturated rings. The molecule has 0 saturated carbocycles. The van der Waals surface area contributed by atoms with Crippen molar-refractivity contribution in [3.8, 4) is 0 Å². The molecular weight excluding hydrogens is 322 g/mol. The maximum atomic E-state index is 12.5. The fourth-order valence-electron chi connectivity index (χ4n) is 2.02. The van der Waals surface area contributed by atoms with Crippen molar-refractivity contribution in [3.63, 3.8) is 0 Å². The Balaban J connectivity index is 2.26. The van der Waals surface area contributed by atoms with Crippen molar-refractivity contribution in [3.05, 3.63) is 52.5 Å². The van der Waals surface area contributed by atoms with E-state index in [0.717, 1.165) is 10.6 Å². The number of carbonyl (C=O) groups is 1. The topological polar surface area (TPSA) is 73.7 Å². The van der Waals surface area contributed by atoms with E-state index in [1.165, 1.54) is 0 Å². The standard InChI is InChI=1S/C18H23N3O2S/c1-6-14(15-8-7-9-24-15)21-16-11(2)19-10-13(16)17(22)20-12(3)18(4,5)23/h6-10,12,19,23H,2H2,1,3-5H3,(H,20,22)/b14-6-,21-16?/t12-/m0/s1. The maximum Gasteiger partial charge on any atom is 0.255 e. The highest BCUT2D eigenvalue weighted by Gasteiger charge is 2.29. The first-order valence-electron chi connectivity index (χ1n) is 7.72. The van der Waals surface area contributed by atoms with Gasteiger partial charge in [0.2, 0.25) is 0 Å². The normalized spacial score (nSPS) is 18.4. The Kier molecular flexibility index (Phi) is 5.41. The summed E-state index contributed by atoms with van der Waals surface area (Å²) in [6.07, 6.45) is 3.49. The van der Waals surface area contributed by atoms with Crippen LogP contribution in [0.1, 0.15) is 32.6 Å². The van der Waals surface area contributed by atoms with E-state index in [9.17, 15) is 9.90 Å². The predicted molar refractivity (Wildman–Crippen MR) is 99.7 cm³/mol. The summed E-state index contributed by atoms with van der Waals surface area (Å²) < 4.78 is 0. The summed E-state index contributed by atoms with van der Waals surface area (Å²) in [4.78, 5) is 18.2. The molecule has 3 N–H and O–H groups in total. The molecule has 1 aromatic rings. The van der Waals surface area contributed by atoms with Crippen LogP contribution in [0.5, 0.6) is 0 Å². The van der Waals surface area contributed by atoms with E-state index in [1.54, 1.807) is 38.3 Å². The highest BCUT2D eigenvalue weighted by molar-refractivity contribution is 7.11. The second-order valence-corrected chi connectivity index (χ2v) is 7.09. The smallest absolute Gasteiger partial charge is 0.255 e. The number of nitrogens with one attached hydrogen (secondary N) is 2. The van der Waals surface area contributed by atoms with Gasteiger partial charge in [0.05, 0.1) is 33.5 Å². The third kappa shape index (κ3) is 4.01. The maximum absolute atomic E-state index is 12.5. The number of rotatable bonds is 5. The number of hydrogen-bond acceptors (Lipinski definition) is 5. The number of aliphatic imine (C=N–C) groups is 1. The van der Waals surface area contributed by atoms with Crippen LogP contribution in [0.2, 0.25) is 0 Å². The van der Waals surface area contributed by atoms with Gasteiger partial charge in [0.25, 0.3) is 5.91 Å². The van der Waals surface area contributed by atoms with Crippen LogP contribution in [-0.2, 0) is 4.79 Å². The van der Waals surface area contributed by atoms with Crippen molar-refractivity contribution < 1.29 is 9.90 Å². The fraction of sp³-hybridized carbons (Fsp3) is 0.333. The summed E-state index contributed by atoms with van der Waals surface area (Å²) >= 11 is 1.59. The van der Waals surface area contributed by atoms with E-state index in [2.05, 4.69) is 22.2 Å². The number of amides is 1. The lowest BCUT2D eigenvalue weighted by atomic mass is 10.00. The molecule has 5 nitrogen and oxygen atoms in total. The molecule has 0 unspecified atom stereocenters. The number of hydrogen-bond donors (Lipinski definition) is 3. The Labute approximate surface area is 146 Å². The van der Waals surface area contributed by atoms with Gasteiger partial charge in [-0.15, -0.1) is 11.3 Å². The third-order valence-electron chi connectivity index (χ3n) is 3.86. The van der Waals surface area contributed by atoms with Gasteiger partial charge in [-0.1, -0.05) is 18.7 Å². The molecule has 24 heavy (non-hydrogen) atoms. The number of thiophene rings is 1. The lowest BCUT2D eigenvalue weighted by molar-refractivity contribution is -0.119. The van der Waals surface area contributed by atoms with E-state index < -0.39 is 11.6 Å². The van der Waals surface area contributed by atoms with Crippen molar-refractivity contribution in [2.45, 2.75) is 39.3 Å². The number of nitrogens with zero attached hydrogens (tertiary/aromatic N) is 1. The molecule has 2 heterocycles. The average molecular weight is 345 g/mol. The Bertz CT molecular complexity index is 722. The van der Waals surface area contributed by atoms with E-state index in [-0.39, 0.29) is 5.91 Å². The molecule has 1 amide bonds. The molecule has 0 saturated heterocycles. The first-order valence-corrected chi connectivity index (χ1v) is 8.60. The van der Waals surface area contributed by atoms with Gasteiger partial charge in [-0.25, -0.2) is 4.99 Å². The van der Waals surface area contributed by atoms with Gasteiger partial charge in [0, 0.05) is 6.20 Å². The van der Waals surface area contributed by atoms with Crippen molar-refractivity contribution in [2.24, 2.45) is 4.99 Å². The summed E-state index contributed by atoms with van der Waals surface area (Å²) in [5.74, 6) is -0.295. The first-order chi connectivity index (χ1) is 11.2. The zero-order chi connectivity index (χ0) is 17.9. The summed E-state index contributed by atoms with van der Waals surface area (Å²) in [7, 11) is 0. The molecule has 1 atom stereocenters. The second-order valence-electron chi connectivity index (χ2n) is 6.14. The zero-order valence-electron chi connectivity index (χ0n) is 14.4. The lowest BCUT2D eigenvalue weighted by Crippen LogP contribution is -2.48. The Hall–Kier alpha value is -2.18. The molecule has 0 bridgehead atoms. The molecule has 128 valence electrons. The highest BCUT2D eigenvalue weighted by atomic mass is 32.1. The van der Waals surface area contributed by atoms with Crippen molar-refractivity contribution >= 4 is 28.7 Å². The predicted octanol–water partition coefficient (Wildman–Crippen LogP) is 2.83. The van der Waals surface area contributed by atoms with E-state index >= 15 is 0 Å². The molecular formula is C18H23N3O2S. The van der Waals surface area contributed by atoms with Gasteiger partial charge in [0.15, 0.2) is 0 Å². The summed E-state index contributed by atoms with van der Waals surface area (Å²) in [6, 6.07) is 3.54. The molecule has 6 heteroatoms. The van der Waals surface area contributed by atoms with E-state index in [0.29, 0.717) is 17.0 Å². The molecule has 1 aromatic heterocycles. The minimum atomic E-state index is -1.01. The Morgan fingerprint density at radius 3 is 2.79 bits per heavy atom. The van der Waals surface area contributed by atoms with Crippen LogP contribution in [0.15, 0.2) is 52.6 Å². The quantitative estimate of drug-likeness (QED) is 0.768. The van der Waals surface area contributed by atoms with Crippen LogP contribution in [0.25, 0.3) is 5.70 Å². The summed E-state index contributed by atoms with van der Waals surface area (Å²) in [5.41, 5.74) is 1.28. The Morgan fingerprint density at radius 2 is 2.25 bits per heavy atom. The van der Waals surface area contributed by atoms with Crippen molar-refractivity contribution in [1.29, 1.82) is 0 Å². The van der Waals surface area contributed by atoms with Crippen LogP contribution in [0, 0.1) is 0 Å². The number of carbonyl (C=O) groups excluding carboxylic acids is 1. The molecule has 0 spiro atoms. The third-order valence-corrected chi connectivity index (χ3v) is 4.76. The molecule has 1 aliphatic rings. The minimum Gasteiger partial charge on any atom is -0.388 e. The monoisotopic (exact) mass is 345 g/mol. The molecule has 0 aliphatic carbocycles.